The summed E-state index contributed by atoms with van der Waals surface area (Å²) < 4.78 is 4.67. The first-order valence-corrected chi connectivity index (χ1v) is 6.27. The zero-order valence-corrected chi connectivity index (χ0v) is 11.7. The molecule has 0 aliphatic heterocycles. The highest BCUT2D eigenvalue weighted by Crippen LogP contribution is 2.18. The molecule has 21 heavy (non-hydrogen) atoms. The monoisotopic (exact) mass is 285 g/mol. The lowest BCUT2D eigenvalue weighted by Crippen LogP contribution is -2.07. The summed E-state index contributed by atoms with van der Waals surface area (Å²) in [5.74, 6) is -0.0804. The largest absolute Gasteiger partial charge is 0.465 e. The number of carbonyl (C=O) groups excluding carboxylic acids is 2. The van der Waals surface area contributed by atoms with Crippen LogP contribution in [-0.4, -0.2) is 24.0 Å². The van der Waals surface area contributed by atoms with Gasteiger partial charge in [0.1, 0.15) is 5.82 Å². The molecule has 1 heterocycles. The Morgan fingerprint density at radius 2 is 1.95 bits per heavy atom. The number of methoxy groups -OCH3 is 1. The highest BCUT2D eigenvalue weighted by atomic mass is 16.5. The Morgan fingerprint density at radius 3 is 2.57 bits per heavy atom. The zero-order chi connectivity index (χ0) is 15.2. The molecule has 108 valence electrons. The minimum Gasteiger partial charge on any atom is -0.465 e. The molecular weight excluding hydrogens is 270 g/mol. The quantitative estimate of drug-likeness (QED) is 0.844. The maximum Gasteiger partial charge on any atom is 0.337 e. The predicted octanol–water partition coefficient (Wildman–Crippen LogP) is 2.57. The summed E-state index contributed by atoms with van der Waals surface area (Å²) in [5, 5.41) is 5.71. The Hall–Kier alpha value is -2.89. The van der Waals surface area contributed by atoms with E-state index in [-0.39, 0.29) is 5.91 Å². The van der Waals surface area contributed by atoms with E-state index in [1.807, 2.05) is 6.07 Å². The van der Waals surface area contributed by atoms with Crippen molar-refractivity contribution in [2.75, 3.05) is 17.7 Å². The van der Waals surface area contributed by atoms with Crippen LogP contribution in [0.3, 0.4) is 0 Å². The van der Waals surface area contributed by atoms with Gasteiger partial charge in [-0.25, -0.2) is 9.78 Å². The predicted molar refractivity (Wildman–Crippen MR) is 79.6 cm³/mol. The Morgan fingerprint density at radius 1 is 1.14 bits per heavy atom. The number of anilines is 3. The standard InChI is InChI=1S/C15H15N3O3/c1-10(19)17-14-7-6-13(9-16-14)18-12-5-3-4-11(8-12)15(20)21-2/h3-9,18H,1-2H3,(H,16,17,19). The molecular formula is C15H15N3O3. The number of carbonyl (C=O) groups is 2. The number of aromatic nitrogens is 1. The van der Waals surface area contributed by atoms with Crippen LogP contribution in [0, 0.1) is 0 Å². The molecule has 0 radical (unpaired) electrons. The maximum atomic E-state index is 11.5. The van der Waals surface area contributed by atoms with Gasteiger partial charge in [0.15, 0.2) is 0 Å². The van der Waals surface area contributed by atoms with Gasteiger partial charge in [-0.15, -0.1) is 0 Å². The molecule has 1 amide bonds. The van der Waals surface area contributed by atoms with Crippen molar-refractivity contribution in [1.29, 1.82) is 0 Å². The van der Waals surface area contributed by atoms with Crippen LogP contribution >= 0.6 is 0 Å². The lowest BCUT2D eigenvalue weighted by atomic mass is 10.2. The van der Waals surface area contributed by atoms with E-state index in [1.54, 1.807) is 36.5 Å². The highest BCUT2D eigenvalue weighted by molar-refractivity contribution is 5.90. The summed E-state index contributed by atoms with van der Waals surface area (Å²) in [5.41, 5.74) is 1.95. The first kappa shape index (κ1) is 14.5. The van der Waals surface area contributed by atoms with Gasteiger partial charge in [0.25, 0.3) is 0 Å². The molecule has 0 fully saturated rings. The molecule has 0 bridgehead atoms. The average molecular weight is 285 g/mol. The summed E-state index contributed by atoms with van der Waals surface area (Å²) in [6.45, 7) is 1.42. The number of benzene rings is 1. The number of ether oxygens (including phenoxy) is 1. The molecule has 0 aliphatic carbocycles. The van der Waals surface area contributed by atoms with E-state index in [0.29, 0.717) is 11.4 Å². The number of hydrogen-bond donors (Lipinski definition) is 2. The van der Waals surface area contributed by atoms with E-state index >= 15 is 0 Å². The third-order valence-corrected chi connectivity index (χ3v) is 2.64. The molecule has 0 aliphatic rings. The molecule has 2 aromatic rings. The van der Waals surface area contributed by atoms with E-state index in [2.05, 4.69) is 20.4 Å². The topological polar surface area (TPSA) is 80.3 Å². The van der Waals surface area contributed by atoms with Gasteiger partial charge in [0.2, 0.25) is 5.91 Å². The molecule has 1 aromatic carbocycles. The van der Waals surface area contributed by atoms with Crippen molar-refractivity contribution in [3.63, 3.8) is 0 Å². The average Bonchev–Trinajstić information content (AvgIpc) is 2.48. The van der Waals surface area contributed by atoms with Crippen molar-refractivity contribution in [3.8, 4) is 0 Å². The number of esters is 1. The number of hydrogen-bond acceptors (Lipinski definition) is 5. The van der Waals surface area contributed by atoms with Gasteiger partial charge >= 0.3 is 5.97 Å². The molecule has 0 saturated heterocycles. The van der Waals surface area contributed by atoms with Crippen molar-refractivity contribution in [2.45, 2.75) is 6.92 Å². The summed E-state index contributed by atoms with van der Waals surface area (Å²) in [7, 11) is 1.34. The van der Waals surface area contributed by atoms with Crippen LogP contribution in [0.2, 0.25) is 0 Å². The molecule has 2 N–H and O–H groups in total. The van der Waals surface area contributed by atoms with Crippen LogP contribution in [0.25, 0.3) is 0 Å². The van der Waals surface area contributed by atoms with Crippen LogP contribution < -0.4 is 10.6 Å². The normalized spacial score (nSPS) is 9.81. The number of amides is 1. The molecule has 6 nitrogen and oxygen atoms in total. The van der Waals surface area contributed by atoms with Crippen LogP contribution in [0.5, 0.6) is 0 Å². The Kier molecular flexibility index (Phi) is 4.50. The fourth-order valence-corrected chi connectivity index (χ4v) is 1.73. The van der Waals surface area contributed by atoms with Crippen molar-refractivity contribution < 1.29 is 14.3 Å². The second-order valence-electron chi connectivity index (χ2n) is 4.31. The van der Waals surface area contributed by atoms with E-state index in [0.717, 1.165) is 11.4 Å². The lowest BCUT2D eigenvalue weighted by molar-refractivity contribution is -0.114. The second kappa shape index (κ2) is 6.51. The number of pyridine rings is 1. The summed E-state index contributed by atoms with van der Waals surface area (Å²) in [6, 6.07) is 10.4. The van der Waals surface area contributed by atoms with Crippen LogP contribution in [0.4, 0.5) is 17.2 Å². The minimum absolute atomic E-state index is 0.172. The van der Waals surface area contributed by atoms with E-state index in [4.69, 9.17) is 0 Å². The van der Waals surface area contributed by atoms with Gasteiger partial charge in [0.05, 0.1) is 24.6 Å². The molecule has 0 saturated carbocycles. The molecule has 2 rings (SSSR count). The lowest BCUT2D eigenvalue weighted by Gasteiger charge is -2.08. The third-order valence-electron chi connectivity index (χ3n) is 2.64. The van der Waals surface area contributed by atoms with Gasteiger partial charge < -0.3 is 15.4 Å². The van der Waals surface area contributed by atoms with Crippen LogP contribution in [0.15, 0.2) is 42.6 Å². The van der Waals surface area contributed by atoms with Crippen molar-refractivity contribution in [2.24, 2.45) is 0 Å². The summed E-state index contributed by atoms with van der Waals surface area (Å²) >= 11 is 0. The first-order chi connectivity index (χ1) is 10.1. The first-order valence-electron chi connectivity index (χ1n) is 6.27. The molecule has 1 aromatic heterocycles. The molecule has 0 unspecified atom stereocenters. The SMILES string of the molecule is COC(=O)c1cccc(Nc2ccc(NC(C)=O)nc2)c1. The van der Waals surface area contributed by atoms with Crippen molar-refractivity contribution >= 4 is 29.1 Å². The van der Waals surface area contributed by atoms with E-state index in [1.165, 1.54) is 14.0 Å². The van der Waals surface area contributed by atoms with Gasteiger partial charge in [-0.3, -0.25) is 4.79 Å². The summed E-state index contributed by atoms with van der Waals surface area (Å²) in [6.07, 6.45) is 1.59. The maximum absolute atomic E-state index is 11.5. The Balaban J connectivity index is 2.11. The van der Waals surface area contributed by atoms with Crippen molar-refractivity contribution in [1.82, 2.24) is 4.98 Å². The minimum atomic E-state index is -0.391. The summed E-state index contributed by atoms with van der Waals surface area (Å²) in [4.78, 5) is 26.5. The van der Waals surface area contributed by atoms with Gasteiger partial charge in [-0.1, -0.05) is 6.07 Å². The molecule has 6 heteroatoms. The van der Waals surface area contributed by atoms with E-state index in [9.17, 15) is 9.59 Å². The Labute approximate surface area is 122 Å². The molecule has 0 atom stereocenters. The fourth-order valence-electron chi connectivity index (χ4n) is 1.73. The third kappa shape index (κ3) is 4.04. The van der Waals surface area contributed by atoms with Crippen molar-refractivity contribution in [3.05, 3.63) is 48.2 Å². The van der Waals surface area contributed by atoms with E-state index < -0.39 is 5.97 Å². The fraction of sp³-hybridized carbons (Fsp3) is 0.133. The zero-order valence-electron chi connectivity index (χ0n) is 11.7. The number of nitrogens with one attached hydrogen (secondary N) is 2. The van der Waals surface area contributed by atoms with Gasteiger partial charge in [-0.05, 0) is 30.3 Å². The van der Waals surface area contributed by atoms with Crippen LogP contribution in [0.1, 0.15) is 17.3 Å². The number of rotatable bonds is 4. The molecule has 0 spiro atoms. The highest BCUT2D eigenvalue weighted by Gasteiger charge is 2.06. The smallest absolute Gasteiger partial charge is 0.337 e. The Bertz CT molecular complexity index is 653. The van der Waals surface area contributed by atoms with Crippen LogP contribution in [-0.2, 0) is 9.53 Å². The van der Waals surface area contributed by atoms with Gasteiger partial charge in [-0.2, -0.15) is 0 Å². The second-order valence-corrected chi connectivity index (χ2v) is 4.31. The number of nitrogens with zero attached hydrogens (tertiary/aromatic N) is 1. The van der Waals surface area contributed by atoms with Gasteiger partial charge in [0, 0.05) is 12.6 Å².